The molecule has 0 amide bonds. The maximum absolute atomic E-state index is 12.8. The average Bonchev–Trinajstić information content (AvgIpc) is 2.45. The molecule has 24 heavy (non-hydrogen) atoms. The Morgan fingerprint density at radius 3 is 2.17 bits per heavy atom. The average molecular weight is 374 g/mol. The van der Waals surface area contributed by atoms with Crippen molar-refractivity contribution >= 4 is 19.9 Å². The molecule has 1 aromatic carbocycles. The van der Waals surface area contributed by atoms with E-state index in [0.717, 1.165) is 11.1 Å². The largest absolute Gasteiger partial charge is 0.243 e. The van der Waals surface area contributed by atoms with Crippen LogP contribution in [-0.4, -0.2) is 45.2 Å². The van der Waals surface area contributed by atoms with Gasteiger partial charge in [-0.15, -0.1) is 0 Å². The van der Waals surface area contributed by atoms with E-state index in [1.165, 1.54) is 4.31 Å². The van der Waals surface area contributed by atoms with E-state index in [1.807, 2.05) is 26.8 Å². The summed E-state index contributed by atoms with van der Waals surface area (Å²) in [5, 5.41) is -0.425. The van der Waals surface area contributed by atoms with Gasteiger partial charge in [0.25, 0.3) is 0 Å². The summed E-state index contributed by atoms with van der Waals surface area (Å²) in [4.78, 5) is 0.316. The van der Waals surface area contributed by atoms with E-state index in [9.17, 15) is 16.8 Å². The fraction of sp³-hybridized carbons (Fsp3) is 0.647. The van der Waals surface area contributed by atoms with E-state index in [0.29, 0.717) is 17.7 Å². The molecule has 1 aromatic rings. The van der Waals surface area contributed by atoms with Crippen LogP contribution < -0.4 is 0 Å². The summed E-state index contributed by atoms with van der Waals surface area (Å²) in [5.41, 5.74) is 1.74. The number of sulfonamides is 1. The third-order valence-corrected chi connectivity index (χ3v) is 9.10. The Labute approximate surface area is 146 Å². The number of benzene rings is 1. The summed E-state index contributed by atoms with van der Waals surface area (Å²) in [5.74, 6) is 0.258. The lowest BCUT2D eigenvalue weighted by atomic mass is 10.2. The van der Waals surface area contributed by atoms with Gasteiger partial charge < -0.3 is 0 Å². The van der Waals surface area contributed by atoms with Gasteiger partial charge in [-0.05, 0) is 44.2 Å². The van der Waals surface area contributed by atoms with Crippen molar-refractivity contribution in [2.45, 2.75) is 50.7 Å². The number of rotatable bonds is 5. The Hall–Kier alpha value is -0.920. The van der Waals surface area contributed by atoms with E-state index in [-0.39, 0.29) is 24.8 Å². The predicted molar refractivity (Wildman–Crippen MR) is 96.3 cm³/mol. The number of hydrogen-bond donors (Lipinski definition) is 0. The normalized spacial score (nSPS) is 18.2. The summed E-state index contributed by atoms with van der Waals surface area (Å²) in [6, 6.07) is 5.29. The maximum atomic E-state index is 12.8. The molecule has 2 rings (SSSR count). The Balaban J connectivity index is 2.14. The lowest BCUT2D eigenvalue weighted by molar-refractivity contribution is 0.345. The number of aryl methyl sites for hydroxylation is 2. The van der Waals surface area contributed by atoms with Gasteiger partial charge in [0.1, 0.15) is 0 Å². The lowest BCUT2D eigenvalue weighted by Crippen LogP contribution is -2.43. The van der Waals surface area contributed by atoms with E-state index in [2.05, 4.69) is 0 Å². The van der Waals surface area contributed by atoms with E-state index < -0.39 is 25.1 Å². The van der Waals surface area contributed by atoms with Crippen molar-refractivity contribution in [1.82, 2.24) is 4.31 Å². The van der Waals surface area contributed by atoms with Crippen LogP contribution in [0.15, 0.2) is 23.1 Å². The van der Waals surface area contributed by atoms with Gasteiger partial charge in [-0.2, -0.15) is 4.31 Å². The smallest absolute Gasteiger partial charge is 0.229 e. The molecule has 0 unspecified atom stereocenters. The Morgan fingerprint density at radius 2 is 1.67 bits per heavy atom. The summed E-state index contributed by atoms with van der Waals surface area (Å²) in [6.45, 7) is 8.01. The van der Waals surface area contributed by atoms with Crippen LogP contribution in [0.5, 0.6) is 0 Å². The third kappa shape index (κ3) is 4.18. The number of piperidine rings is 1. The number of sulfone groups is 1. The highest BCUT2D eigenvalue weighted by molar-refractivity contribution is 7.92. The van der Waals surface area contributed by atoms with Gasteiger partial charge in [0, 0.05) is 13.1 Å². The minimum Gasteiger partial charge on any atom is -0.229 e. The maximum Gasteiger partial charge on any atom is 0.243 e. The highest BCUT2D eigenvalue weighted by atomic mass is 32.2. The molecule has 0 radical (unpaired) electrons. The van der Waals surface area contributed by atoms with Crippen molar-refractivity contribution in [3.8, 4) is 0 Å². The topological polar surface area (TPSA) is 71.5 Å². The van der Waals surface area contributed by atoms with Crippen LogP contribution in [0.2, 0.25) is 0 Å². The minimum absolute atomic E-state index is 0.0898. The van der Waals surface area contributed by atoms with Gasteiger partial charge in [0.2, 0.25) is 10.0 Å². The molecular weight excluding hydrogens is 346 g/mol. The standard InChI is InChI=1S/C17H27NO4S2/c1-13(2)12-23(19,20)16-7-9-18(10-8-16)24(21,22)17-6-5-14(3)11-15(17)4/h5-6,11,13,16H,7-10,12H2,1-4H3. The van der Waals surface area contributed by atoms with Crippen molar-refractivity contribution in [1.29, 1.82) is 0 Å². The number of nitrogens with zero attached hydrogens (tertiary/aromatic N) is 1. The van der Waals surface area contributed by atoms with Crippen LogP contribution >= 0.6 is 0 Å². The SMILES string of the molecule is Cc1ccc(S(=O)(=O)N2CCC(S(=O)(=O)CC(C)C)CC2)c(C)c1. The second kappa shape index (κ2) is 7.14. The van der Waals surface area contributed by atoms with E-state index >= 15 is 0 Å². The molecule has 1 saturated heterocycles. The van der Waals surface area contributed by atoms with Crippen molar-refractivity contribution in [2.75, 3.05) is 18.8 Å². The fourth-order valence-corrected chi connectivity index (χ4v) is 7.07. The molecule has 0 N–H and O–H groups in total. The molecular formula is C17H27NO4S2. The van der Waals surface area contributed by atoms with Gasteiger partial charge in [0.15, 0.2) is 9.84 Å². The summed E-state index contributed by atoms with van der Waals surface area (Å²) >= 11 is 0. The molecule has 0 saturated carbocycles. The second-order valence-electron chi connectivity index (χ2n) is 7.10. The van der Waals surface area contributed by atoms with E-state index in [4.69, 9.17) is 0 Å². The third-order valence-electron chi connectivity index (χ3n) is 4.42. The van der Waals surface area contributed by atoms with Crippen molar-refractivity contribution in [3.05, 3.63) is 29.3 Å². The van der Waals surface area contributed by atoms with Gasteiger partial charge >= 0.3 is 0 Å². The molecule has 7 heteroatoms. The zero-order chi connectivity index (χ0) is 18.1. The van der Waals surface area contributed by atoms with Gasteiger partial charge in [-0.1, -0.05) is 31.5 Å². The summed E-state index contributed by atoms with van der Waals surface area (Å²) in [6.07, 6.45) is 0.748. The molecule has 1 aliphatic heterocycles. The Bertz CT molecular complexity index is 790. The molecule has 1 fully saturated rings. The first-order valence-electron chi connectivity index (χ1n) is 8.33. The zero-order valence-electron chi connectivity index (χ0n) is 14.8. The fourth-order valence-electron chi connectivity index (χ4n) is 3.26. The van der Waals surface area contributed by atoms with Crippen LogP contribution in [0, 0.1) is 19.8 Å². The first-order valence-corrected chi connectivity index (χ1v) is 11.5. The summed E-state index contributed by atoms with van der Waals surface area (Å²) in [7, 11) is -6.71. The van der Waals surface area contributed by atoms with Gasteiger partial charge in [-0.25, -0.2) is 16.8 Å². The molecule has 136 valence electrons. The van der Waals surface area contributed by atoms with Crippen LogP contribution in [0.1, 0.15) is 37.8 Å². The van der Waals surface area contributed by atoms with Crippen LogP contribution in [0.3, 0.4) is 0 Å². The molecule has 1 aliphatic rings. The first-order chi connectivity index (χ1) is 11.0. The van der Waals surface area contributed by atoms with Crippen molar-refractivity contribution < 1.29 is 16.8 Å². The highest BCUT2D eigenvalue weighted by Crippen LogP contribution is 2.27. The van der Waals surface area contributed by atoms with Gasteiger partial charge in [0.05, 0.1) is 15.9 Å². The molecule has 0 aliphatic carbocycles. The monoisotopic (exact) mass is 373 g/mol. The molecule has 0 bridgehead atoms. The van der Waals surface area contributed by atoms with Crippen LogP contribution in [-0.2, 0) is 19.9 Å². The quantitative estimate of drug-likeness (QED) is 0.795. The van der Waals surface area contributed by atoms with Gasteiger partial charge in [-0.3, -0.25) is 0 Å². The zero-order valence-corrected chi connectivity index (χ0v) is 16.5. The second-order valence-corrected chi connectivity index (χ2v) is 11.3. The highest BCUT2D eigenvalue weighted by Gasteiger charge is 2.35. The van der Waals surface area contributed by atoms with Crippen LogP contribution in [0.25, 0.3) is 0 Å². The van der Waals surface area contributed by atoms with Crippen molar-refractivity contribution in [3.63, 3.8) is 0 Å². The Kier molecular flexibility index (Phi) is 5.77. The van der Waals surface area contributed by atoms with E-state index in [1.54, 1.807) is 19.1 Å². The number of hydrogen-bond acceptors (Lipinski definition) is 4. The molecule has 5 nitrogen and oxygen atoms in total. The summed E-state index contributed by atoms with van der Waals surface area (Å²) < 4.78 is 51.8. The molecule has 1 heterocycles. The predicted octanol–water partition coefficient (Wildman–Crippen LogP) is 2.53. The lowest BCUT2D eigenvalue weighted by Gasteiger charge is -2.31. The van der Waals surface area contributed by atoms with Crippen LogP contribution in [0.4, 0.5) is 0 Å². The molecule has 0 spiro atoms. The minimum atomic E-state index is -3.56. The Morgan fingerprint density at radius 1 is 1.08 bits per heavy atom. The van der Waals surface area contributed by atoms with Crippen molar-refractivity contribution in [2.24, 2.45) is 5.92 Å². The molecule has 0 atom stereocenters. The molecule has 0 aromatic heterocycles. The first kappa shape index (κ1) is 19.4.